The predicted molar refractivity (Wildman–Crippen MR) is 64.9 cm³/mol. The van der Waals surface area contributed by atoms with Crippen LogP contribution < -0.4 is 5.32 Å². The number of likely N-dealkylation sites (tertiary alicyclic amines) is 1. The van der Waals surface area contributed by atoms with Crippen LogP contribution in [0.4, 0.5) is 5.69 Å². The molecule has 0 radical (unpaired) electrons. The molecule has 2 N–H and O–H groups in total. The van der Waals surface area contributed by atoms with E-state index in [0.717, 1.165) is 18.7 Å². The molecule has 16 heavy (non-hydrogen) atoms. The Bertz CT molecular complexity index is 386. The number of phenols is 1. The molecule has 86 valence electrons. The lowest BCUT2D eigenvalue weighted by molar-refractivity contribution is 0.247. The molecular weight excluding hydrogens is 200 g/mol. The first-order valence-electron chi connectivity index (χ1n) is 6.13. The highest BCUT2D eigenvalue weighted by Gasteiger charge is 2.26. The quantitative estimate of drug-likeness (QED) is 0.706. The second kappa shape index (κ2) is 3.98. The maximum Gasteiger partial charge on any atom is 0.138 e. The number of anilines is 1. The van der Waals surface area contributed by atoms with Crippen LogP contribution in [0.15, 0.2) is 18.2 Å². The van der Waals surface area contributed by atoms with E-state index in [2.05, 4.69) is 16.3 Å². The first kappa shape index (κ1) is 9.97. The van der Waals surface area contributed by atoms with Gasteiger partial charge in [0, 0.05) is 12.6 Å². The maximum absolute atomic E-state index is 9.73. The van der Waals surface area contributed by atoms with Crippen molar-refractivity contribution in [1.29, 1.82) is 0 Å². The Hall–Kier alpha value is -1.22. The zero-order chi connectivity index (χ0) is 11.0. The molecule has 2 aliphatic rings. The van der Waals surface area contributed by atoms with Crippen molar-refractivity contribution in [3.05, 3.63) is 23.8 Å². The van der Waals surface area contributed by atoms with E-state index in [9.17, 15) is 5.11 Å². The summed E-state index contributed by atoms with van der Waals surface area (Å²) in [5.74, 6) is 0.386. The van der Waals surface area contributed by atoms with Crippen LogP contribution in [0.25, 0.3) is 0 Å². The van der Waals surface area contributed by atoms with Gasteiger partial charge in [-0.1, -0.05) is 12.1 Å². The number of aromatic hydroxyl groups is 1. The number of hydrogen-bond acceptors (Lipinski definition) is 3. The molecule has 3 rings (SSSR count). The van der Waals surface area contributed by atoms with Gasteiger partial charge < -0.3 is 10.4 Å². The number of nitrogens with one attached hydrogen (secondary N) is 1. The molecule has 0 spiro atoms. The van der Waals surface area contributed by atoms with Crippen LogP contribution in [0.2, 0.25) is 0 Å². The molecule has 1 aromatic rings. The summed E-state index contributed by atoms with van der Waals surface area (Å²) in [6, 6.07) is 6.41. The summed E-state index contributed by atoms with van der Waals surface area (Å²) in [5, 5.41) is 13.1. The minimum Gasteiger partial charge on any atom is -0.506 e. The molecule has 2 aliphatic heterocycles. The van der Waals surface area contributed by atoms with Crippen molar-refractivity contribution in [3.63, 3.8) is 0 Å². The molecule has 1 aromatic carbocycles. The number of fused-ring (bicyclic) bond motifs is 1. The number of phenolic OH excluding ortho intramolecular Hbond substituents is 1. The summed E-state index contributed by atoms with van der Waals surface area (Å²) in [7, 11) is 0. The summed E-state index contributed by atoms with van der Waals surface area (Å²) >= 11 is 0. The maximum atomic E-state index is 9.73. The van der Waals surface area contributed by atoms with Crippen molar-refractivity contribution in [2.45, 2.75) is 25.3 Å². The third kappa shape index (κ3) is 1.65. The highest BCUT2D eigenvalue weighted by atomic mass is 16.3. The van der Waals surface area contributed by atoms with Crippen LogP contribution in [0.1, 0.15) is 18.4 Å². The third-order valence-electron chi connectivity index (χ3n) is 3.76. The molecule has 3 heteroatoms. The van der Waals surface area contributed by atoms with E-state index < -0.39 is 0 Å². The summed E-state index contributed by atoms with van der Waals surface area (Å²) in [6.07, 6.45) is 3.74. The molecule has 0 amide bonds. The zero-order valence-electron chi connectivity index (χ0n) is 9.45. The topological polar surface area (TPSA) is 35.5 Å². The molecule has 0 aliphatic carbocycles. The van der Waals surface area contributed by atoms with E-state index in [-0.39, 0.29) is 0 Å². The molecule has 2 heterocycles. The van der Waals surface area contributed by atoms with Crippen LogP contribution in [0, 0.1) is 0 Å². The molecule has 0 aromatic heterocycles. The zero-order valence-corrected chi connectivity index (χ0v) is 9.45. The Morgan fingerprint density at radius 2 is 2.06 bits per heavy atom. The van der Waals surface area contributed by atoms with Gasteiger partial charge in [-0.15, -0.1) is 0 Å². The van der Waals surface area contributed by atoms with Crippen molar-refractivity contribution in [1.82, 2.24) is 4.90 Å². The molecule has 0 bridgehead atoms. The molecular formula is C13H18N2O. The van der Waals surface area contributed by atoms with Gasteiger partial charge in [0.2, 0.25) is 0 Å². The Morgan fingerprint density at radius 3 is 2.88 bits per heavy atom. The van der Waals surface area contributed by atoms with Gasteiger partial charge in [0.25, 0.3) is 0 Å². The SMILES string of the molecule is Oc1cccc2c1NCC(N1CCCC1)C2. The number of nitrogens with zero attached hydrogens (tertiary/aromatic N) is 1. The van der Waals surface area contributed by atoms with E-state index in [1.54, 1.807) is 6.07 Å². The minimum absolute atomic E-state index is 0.386. The Kier molecular flexibility index (Phi) is 2.48. The van der Waals surface area contributed by atoms with Gasteiger partial charge in [0.05, 0.1) is 5.69 Å². The van der Waals surface area contributed by atoms with Crippen molar-refractivity contribution >= 4 is 5.69 Å². The second-order valence-corrected chi connectivity index (χ2v) is 4.79. The normalized spacial score (nSPS) is 25.1. The standard InChI is InChI=1S/C13H18N2O/c16-12-5-3-4-10-8-11(9-14-13(10)12)15-6-1-2-7-15/h3-5,11,14,16H,1-2,6-9H2. The summed E-state index contributed by atoms with van der Waals surface area (Å²) in [4.78, 5) is 2.57. The molecule has 1 saturated heterocycles. The number of para-hydroxylation sites is 1. The van der Waals surface area contributed by atoms with E-state index >= 15 is 0 Å². The number of hydrogen-bond donors (Lipinski definition) is 2. The van der Waals surface area contributed by atoms with Crippen LogP contribution in [0.5, 0.6) is 5.75 Å². The van der Waals surface area contributed by atoms with Gasteiger partial charge in [-0.2, -0.15) is 0 Å². The lowest BCUT2D eigenvalue weighted by Crippen LogP contribution is -2.42. The van der Waals surface area contributed by atoms with Gasteiger partial charge in [-0.3, -0.25) is 4.90 Å². The minimum atomic E-state index is 0.386. The lowest BCUT2D eigenvalue weighted by atomic mass is 9.98. The monoisotopic (exact) mass is 218 g/mol. The molecule has 1 fully saturated rings. The highest BCUT2D eigenvalue weighted by molar-refractivity contribution is 5.63. The number of rotatable bonds is 1. The predicted octanol–water partition coefficient (Wildman–Crippen LogP) is 1.82. The van der Waals surface area contributed by atoms with Crippen LogP contribution >= 0.6 is 0 Å². The second-order valence-electron chi connectivity index (χ2n) is 4.79. The molecule has 1 atom stereocenters. The van der Waals surface area contributed by atoms with Crippen LogP contribution in [-0.2, 0) is 6.42 Å². The lowest BCUT2D eigenvalue weighted by Gasteiger charge is -2.33. The first-order valence-corrected chi connectivity index (χ1v) is 6.13. The average molecular weight is 218 g/mol. The van der Waals surface area contributed by atoms with E-state index in [0.29, 0.717) is 11.8 Å². The van der Waals surface area contributed by atoms with Crippen LogP contribution in [-0.4, -0.2) is 35.7 Å². The highest BCUT2D eigenvalue weighted by Crippen LogP contribution is 2.32. The van der Waals surface area contributed by atoms with Gasteiger partial charge in [0.1, 0.15) is 5.75 Å². The van der Waals surface area contributed by atoms with Gasteiger partial charge in [0.15, 0.2) is 0 Å². The van der Waals surface area contributed by atoms with Crippen LogP contribution in [0.3, 0.4) is 0 Å². The fraction of sp³-hybridized carbons (Fsp3) is 0.538. The largest absolute Gasteiger partial charge is 0.506 e. The summed E-state index contributed by atoms with van der Waals surface area (Å²) < 4.78 is 0. The smallest absolute Gasteiger partial charge is 0.138 e. The van der Waals surface area contributed by atoms with Gasteiger partial charge in [-0.25, -0.2) is 0 Å². The molecule has 3 nitrogen and oxygen atoms in total. The Balaban J connectivity index is 1.80. The van der Waals surface area contributed by atoms with Crippen molar-refractivity contribution in [2.75, 3.05) is 25.0 Å². The Labute approximate surface area is 96.1 Å². The Morgan fingerprint density at radius 1 is 1.25 bits per heavy atom. The third-order valence-corrected chi connectivity index (χ3v) is 3.76. The van der Waals surface area contributed by atoms with Crippen molar-refractivity contribution < 1.29 is 5.11 Å². The van der Waals surface area contributed by atoms with Gasteiger partial charge in [-0.05, 0) is 44.0 Å². The van der Waals surface area contributed by atoms with Crippen molar-refractivity contribution in [2.24, 2.45) is 0 Å². The molecule has 0 saturated carbocycles. The summed E-state index contributed by atoms with van der Waals surface area (Å²) in [5.41, 5.74) is 2.20. The first-order chi connectivity index (χ1) is 7.84. The fourth-order valence-corrected chi connectivity index (χ4v) is 2.87. The molecule has 1 unspecified atom stereocenters. The van der Waals surface area contributed by atoms with E-state index in [1.165, 1.54) is 31.5 Å². The van der Waals surface area contributed by atoms with E-state index in [1.807, 2.05) is 6.07 Å². The van der Waals surface area contributed by atoms with E-state index in [4.69, 9.17) is 0 Å². The fourth-order valence-electron chi connectivity index (χ4n) is 2.87. The average Bonchev–Trinajstić information content (AvgIpc) is 2.82. The van der Waals surface area contributed by atoms with Crippen molar-refractivity contribution in [3.8, 4) is 5.75 Å². The van der Waals surface area contributed by atoms with Gasteiger partial charge >= 0.3 is 0 Å². The number of benzene rings is 1. The summed E-state index contributed by atoms with van der Waals surface area (Å²) in [6.45, 7) is 3.44.